The highest BCUT2D eigenvalue weighted by Gasteiger charge is 2.18. The molecule has 0 aromatic heterocycles. The summed E-state index contributed by atoms with van der Waals surface area (Å²) in [5.41, 5.74) is 1.77. The van der Waals surface area contributed by atoms with Crippen molar-refractivity contribution < 1.29 is 9.76 Å². The Morgan fingerprint density at radius 1 is 0.733 bits per heavy atom. The van der Waals surface area contributed by atoms with Crippen molar-refractivity contribution in [3.63, 3.8) is 0 Å². The van der Waals surface area contributed by atoms with Gasteiger partial charge in [0, 0.05) is 0 Å². The summed E-state index contributed by atoms with van der Waals surface area (Å²) in [5, 5.41) is 10.1. The first-order valence-corrected chi connectivity index (χ1v) is 4.89. The Bertz CT molecular complexity index is 430. The minimum atomic E-state index is -0.550. The molecule has 4 aliphatic rings. The molecule has 0 amide bonds. The zero-order chi connectivity index (χ0) is 10.3. The number of benzene rings is 2. The SMILES string of the molecule is OB1c2ccc(cc2)Oc2ccc1cc2. The number of ether oxygens (including phenoxy) is 1. The van der Waals surface area contributed by atoms with Crippen LogP contribution in [0.25, 0.3) is 0 Å². The van der Waals surface area contributed by atoms with Crippen molar-refractivity contribution in [3.8, 4) is 11.5 Å². The van der Waals surface area contributed by atoms with Gasteiger partial charge in [-0.15, -0.1) is 0 Å². The number of hydrogen-bond donors (Lipinski definition) is 1. The van der Waals surface area contributed by atoms with Crippen LogP contribution in [-0.4, -0.2) is 11.9 Å². The monoisotopic (exact) mass is 196 g/mol. The van der Waals surface area contributed by atoms with E-state index in [9.17, 15) is 5.02 Å². The molecule has 6 rings (SSSR count). The highest BCUT2D eigenvalue weighted by Crippen LogP contribution is 2.20. The molecule has 0 atom stereocenters. The molecule has 0 saturated carbocycles. The average molecular weight is 196 g/mol. The molecule has 0 spiro atoms. The van der Waals surface area contributed by atoms with Crippen LogP contribution in [-0.2, 0) is 0 Å². The Balaban J connectivity index is 2.23. The van der Waals surface area contributed by atoms with E-state index < -0.39 is 6.92 Å². The molecule has 0 aliphatic carbocycles. The molecule has 4 heterocycles. The molecular weight excluding hydrogens is 187 g/mol. The number of rotatable bonds is 0. The van der Waals surface area contributed by atoms with Crippen molar-refractivity contribution in [2.24, 2.45) is 0 Å². The summed E-state index contributed by atoms with van der Waals surface area (Å²) in [7, 11) is 0. The molecule has 4 aliphatic heterocycles. The van der Waals surface area contributed by atoms with Crippen LogP contribution in [0.1, 0.15) is 0 Å². The average Bonchev–Trinajstić information content (AvgIpc) is 2.31. The topological polar surface area (TPSA) is 29.5 Å². The molecule has 0 fully saturated rings. The first kappa shape index (κ1) is 8.56. The zero-order valence-electron chi connectivity index (χ0n) is 8.05. The van der Waals surface area contributed by atoms with Gasteiger partial charge in [-0.25, -0.2) is 0 Å². The maximum Gasteiger partial charge on any atom is 0.358 e. The first-order chi connectivity index (χ1) is 7.33. The van der Waals surface area contributed by atoms with Gasteiger partial charge in [0.15, 0.2) is 0 Å². The normalized spacial score (nSPS) is 12.7. The van der Waals surface area contributed by atoms with Gasteiger partial charge in [0.1, 0.15) is 11.5 Å². The zero-order valence-corrected chi connectivity index (χ0v) is 8.05. The molecule has 0 unspecified atom stereocenters. The highest BCUT2D eigenvalue weighted by molar-refractivity contribution is 6.78. The van der Waals surface area contributed by atoms with E-state index in [0.717, 1.165) is 22.4 Å². The van der Waals surface area contributed by atoms with Crippen LogP contribution >= 0.6 is 0 Å². The Morgan fingerprint density at radius 2 is 1.13 bits per heavy atom. The summed E-state index contributed by atoms with van der Waals surface area (Å²) in [6.07, 6.45) is 0. The van der Waals surface area contributed by atoms with E-state index in [2.05, 4.69) is 0 Å². The van der Waals surface area contributed by atoms with Crippen LogP contribution < -0.4 is 15.7 Å². The first-order valence-electron chi connectivity index (χ1n) is 4.89. The second-order valence-corrected chi connectivity index (χ2v) is 3.64. The number of hydrogen-bond acceptors (Lipinski definition) is 2. The van der Waals surface area contributed by atoms with Crippen LogP contribution in [0.2, 0.25) is 0 Å². The third-order valence-corrected chi connectivity index (χ3v) is 2.63. The van der Waals surface area contributed by atoms with E-state index in [1.54, 1.807) is 0 Å². The quantitative estimate of drug-likeness (QED) is 0.634. The maximum atomic E-state index is 10.1. The lowest BCUT2D eigenvalue weighted by Crippen LogP contribution is -2.42. The van der Waals surface area contributed by atoms with Crippen molar-refractivity contribution >= 4 is 17.8 Å². The molecule has 0 saturated heterocycles. The summed E-state index contributed by atoms with van der Waals surface area (Å²) in [6, 6.07) is 15.0. The molecule has 2 aromatic rings. The van der Waals surface area contributed by atoms with Crippen molar-refractivity contribution in [2.75, 3.05) is 0 Å². The summed E-state index contributed by atoms with van der Waals surface area (Å²) in [5.74, 6) is 1.58. The van der Waals surface area contributed by atoms with Gasteiger partial charge in [0.05, 0.1) is 0 Å². The molecular formula is C12H9BO2. The van der Waals surface area contributed by atoms with Gasteiger partial charge >= 0.3 is 6.92 Å². The summed E-state index contributed by atoms with van der Waals surface area (Å²) >= 11 is 0. The van der Waals surface area contributed by atoms with E-state index >= 15 is 0 Å². The molecule has 4 bridgehead atoms. The second kappa shape index (κ2) is 3.14. The van der Waals surface area contributed by atoms with Crippen LogP contribution in [0.5, 0.6) is 11.5 Å². The third kappa shape index (κ3) is 1.41. The summed E-state index contributed by atoms with van der Waals surface area (Å²) in [4.78, 5) is 0. The molecule has 3 heteroatoms. The van der Waals surface area contributed by atoms with Crippen LogP contribution in [0.15, 0.2) is 48.5 Å². The van der Waals surface area contributed by atoms with Crippen molar-refractivity contribution in [1.29, 1.82) is 0 Å². The summed E-state index contributed by atoms with van der Waals surface area (Å²) < 4.78 is 5.61. The van der Waals surface area contributed by atoms with E-state index in [1.807, 2.05) is 48.5 Å². The second-order valence-electron chi connectivity index (χ2n) is 3.64. The van der Waals surface area contributed by atoms with Crippen LogP contribution in [0, 0.1) is 0 Å². The third-order valence-electron chi connectivity index (χ3n) is 2.63. The smallest absolute Gasteiger partial charge is 0.358 e. The van der Waals surface area contributed by atoms with Crippen molar-refractivity contribution in [2.45, 2.75) is 0 Å². The van der Waals surface area contributed by atoms with Gasteiger partial charge < -0.3 is 9.76 Å². The van der Waals surface area contributed by atoms with Gasteiger partial charge in [0.2, 0.25) is 0 Å². The standard InChI is InChI=1S/C12H9BO2/c14-13-9-1-5-11(6-2-9)15-12-7-3-10(13)4-8-12/h1-8,14H. The Labute approximate surface area is 88.2 Å². The molecule has 2 nitrogen and oxygen atoms in total. The Morgan fingerprint density at radius 3 is 1.53 bits per heavy atom. The van der Waals surface area contributed by atoms with Crippen LogP contribution in [0.3, 0.4) is 0 Å². The molecule has 0 radical (unpaired) electrons. The van der Waals surface area contributed by atoms with E-state index in [4.69, 9.17) is 4.74 Å². The van der Waals surface area contributed by atoms with Gasteiger partial charge in [-0.1, -0.05) is 24.3 Å². The molecule has 1 N–H and O–H groups in total. The fraction of sp³-hybridized carbons (Fsp3) is 0. The van der Waals surface area contributed by atoms with Gasteiger partial charge in [-0.05, 0) is 35.2 Å². The lowest BCUT2D eigenvalue weighted by Gasteiger charge is -2.13. The fourth-order valence-corrected chi connectivity index (χ4v) is 1.76. The minimum absolute atomic E-state index is 0.550. The summed E-state index contributed by atoms with van der Waals surface area (Å²) in [6.45, 7) is -0.550. The lowest BCUT2D eigenvalue weighted by atomic mass is 9.56. The lowest BCUT2D eigenvalue weighted by molar-refractivity contribution is 0.482. The highest BCUT2D eigenvalue weighted by atomic mass is 16.5. The fourth-order valence-electron chi connectivity index (χ4n) is 1.76. The maximum absolute atomic E-state index is 10.1. The predicted molar refractivity (Wildman–Crippen MR) is 60.2 cm³/mol. The molecule has 2 aromatic carbocycles. The minimum Gasteiger partial charge on any atom is -0.457 e. The predicted octanol–water partition coefficient (Wildman–Crippen LogP) is 0.890. The Hall–Kier alpha value is -1.74. The van der Waals surface area contributed by atoms with E-state index in [1.165, 1.54) is 0 Å². The molecule has 72 valence electrons. The van der Waals surface area contributed by atoms with Gasteiger partial charge in [-0.2, -0.15) is 0 Å². The Kier molecular flexibility index (Phi) is 1.79. The largest absolute Gasteiger partial charge is 0.457 e. The van der Waals surface area contributed by atoms with Crippen molar-refractivity contribution in [3.05, 3.63) is 48.5 Å². The molecule has 15 heavy (non-hydrogen) atoms. The van der Waals surface area contributed by atoms with E-state index in [-0.39, 0.29) is 0 Å². The van der Waals surface area contributed by atoms with Crippen LogP contribution in [0.4, 0.5) is 0 Å². The van der Waals surface area contributed by atoms with E-state index in [0.29, 0.717) is 0 Å². The van der Waals surface area contributed by atoms with Gasteiger partial charge in [0.25, 0.3) is 0 Å². The van der Waals surface area contributed by atoms with Gasteiger partial charge in [-0.3, -0.25) is 0 Å². The van der Waals surface area contributed by atoms with Crippen molar-refractivity contribution in [1.82, 2.24) is 0 Å².